The first-order valence-corrected chi connectivity index (χ1v) is 19.6. The van der Waals surface area contributed by atoms with Crippen molar-refractivity contribution in [1.29, 1.82) is 0 Å². The molecule has 0 aromatic heterocycles. The molecule has 0 radical (unpaired) electrons. The Morgan fingerprint density at radius 3 is 1.34 bits per heavy atom. The highest BCUT2D eigenvalue weighted by molar-refractivity contribution is 5.76. The van der Waals surface area contributed by atoms with Crippen LogP contribution in [0.4, 0.5) is 0 Å². The average molecular weight is 620 g/mol. The van der Waals surface area contributed by atoms with E-state index in [-0.39, 0.29) is 12.5 Å². The number of carbonyl (C=O) groups is 1. The Morgan fingerprint density at radius 1 is 0.523 bits per heavy atom. The van der Waals surface area contributed by atoms with E-state index in [9.17, 15) is 15.0 Å². The highest BCUT2D eigenvalue weighted by atomic mass is 16.3. The van der Waals surface area contributed by atoms with E-state index in [2.05, 4.69) is 31.3 Å². The summed E-state index contributed by atoms with van der Waals surface area (Å²) in [5, 5.41) is 22.9. The fourth-order valence-corrected chi connectivity index (χ4v) is 5.89. The van der Waals surface area contributed by atoms with Gasteiger partial charge >= 0.3 is 0 Å². The summed E-state index contributed by atoms with van der Waals surface area (Å²) in [6, 6.07) is -0.622. The summed E-state index contributed by atoms with van der Waals surface area (Å²) in [5.74, 6) is -0.0758. The zero-order valence-corrected chi connectivity index (χ0v) is 29.7. The SMILES string of the molecule is CCC/C=C\CCCCCCCC(=O)NC(CO)C(O)/C=C/CCCCCCCCCCCCCCCCCCCCCC. The molecule has 0 spiro atoms. The third kappa shape index (κ3) is 32.3. The zero-order chi connectivity index (χ0) is 32.2. The highest BCUT2D eigenvalue weighted by Crippen LogP contribution is 2.15. The van der Waals surface area contributed by atoms with E-state index >= 15 is 0 Å². The number of carbonyl (C=O) groups excluding carboxylic acids is 1. The maximum atomic E-state index is 12.3. The first-order valence-electron chi connectivity index (χ1n) is 19.6. The molecule has 0 heterocycles. The summed E-state index contributed by atoms with van der Waals surface area (Å²) in [4.78, 5) is 12.3. The van der Waals surface area contributed by atoms with Crippen LogP contribution < -0.4 is 5.32 Å². The largest absolute Gasteiger partial charge is 0.394 e. The van der Waals surface area contributed by atoms with Crippen molar-refractivity contribution < 1.29 is 15.0 Å². The van der Waals surface area contributed by atoms with E-state index in [0.29, 0.717) is 6.42 Å². The van der Waals surface area contributed by atoms with Gasteiger partial charge in [0.05, 0.1) is 18.8 Å². The van der Waals surface area contributed by atoms with Crippen molar-refractivity contribution in [2.24, 2.45) is 0 Å². The Labute approximate surface area is 275 Å². The molecular weight excluding hydrogens is 542 g/mol. The van der Waals surface area contributed by atoms with E-state index in [0.717, 1.165) is 38.5 Å². The monoisotopic (exact) mass is 620 g/mol. The van der Waals surface area contributed by atoms with Gasteiger partial charge in [-0.25, -0.2) is 0 Å². The molecule has 0 aliphatic rings. The number of aliphatic hydroxyl groups excluding tert-OH is 2. The number of hydrogen-bond acceptors (Lipinski definition) is 3. The number of nitrogens with one attached hydrogen (secondary N) is 1. The smallest absolute Gasteiger partial charge is 0.220 e. The van der Waals surface area contributed by atoms with Crippen LogP contribution in [0.3, 0.4) is 0 Å². The van der Waals surface area contributed by atoms with Gasteiger partial charge in [-0.1, -0.05) is 186 Å². The zero-order valence-electron chi connectivity index (χ0n) is 29.7. The first kappa shape index (κ1) is 42.9. The van der Waals surface area contributed by atoms with E-state index < -0.39 is 12.1 Å². The summed E-state index contributed by atoms with van der Waals surface area (Å²) in [7, 11) is 0. The van der Waals surface area contributed by atoms with Crippen LogP contribution in [0.15, 0.2) is 24.3 Å². The molecule has 3 N–H and O–H groups in total. The molecule has 0 rings (SSSR count). The lowest BCUT2D eigenvalue weighted by Crippen LogP contribution is -2.45. The minimum Gasteiger partial charge on any atom is -0.394 e. The molecule has 0 aromatic rings. The fraction of sp³-hybridized carbons (Fsp3) is 0.875. The van der Waals surface area contributed by atoms with Gasteiger partial charge in [0.1, 0.15) is 0 Å². The molecule has 2 atom stereocenters. The van der Waals surface area contributed by atoms with Crippen LogP contribution in [0.1, 0.15) is 206 Å². The normalized spacial score (nSPS) is 13.3. The lowest BCUT2D eigenvalue weighted by atomic mass is 10.0. The van der Waals surface area contributed by atoms with Crippen molar-refractivity contribution in [3.05, 3.63) is 24.3 Å². The predicted octanol–water partition coefficient (Wildman–Crippen LogP) is 11.7. The third-order valence-corrected chi connectivity index (χ3v) is 8.91. The minimum atomic E-state index is -0.838. The van der Waals surface area contributed by atoms with Crippen LogP contribution in [0, 0.1) is 0 Å². The Kier molecular flexibility index (Phi) is 35.4. The van der Waals surface area contributed by atoms with Crippen LogP contribution in [-0.4, -0.2) is 34.9 Å². The highest BCUT2D eigenvalue weighted by Gasteiger charge is 2.17. The number of rotatable bonds is 35. The molecular formula is C40H77NO3. The molecule has 0 aromatic carbocycles. The number of hydrogen-bond donors (Lipinski definition) is 3. The second-order valence-electron chi connectivity index (χ2n) is 13.3. The molecule has 0 aliphatic carbocycles. The number of amides is 1. The quantitative estimate of drug-likeness (QED) is 0.0488. The number of allylic oxidation sites excluding steroid dienone is 3. The molecule has 0 fully saturated rings. The Hall–Kier alpha value is -1.13. The van der Waals surface area contributed by atoms with Gasteiger partial charge in [-0.3, -0.25) is 4.79 Å². The van der Waals surface area contributed by atoms with Crippen LogP contribution >= 0.6 is 0 Å². The van der Waals surface area contributed by atoms with Crippen LogP contribution in [0.2, 0.25) is 0 Å². The lowest BCUT2D eigenvalue weighted by Gasteiger charge is -2.20. The third-order valence-electron chi connectivity index (χ3n) is 8.91. The van der Waals surface area contributed by atoms with Gasteiger partial charge in [-0.05, 0) is 38.5 Å². The molecule has 260 valence electrons. The van der Waals surface area contributed by atoms with Crippen molar-refractivity contribution in [3.63, 3.8) is 0 Å². The second kappa shape index (κ2) is 36.3. The molecule has 1 amide bonds. The number of aliphatic hydroxyl groups is 2. The Balaban J connectivity index is 3.53. The first-order chi connectivity index (χ1) is 21.7. The maximum absolute atomic E-state index is 12.3. The van der Waals surface area contributed by atoms with Gasteiger partial charge in [0.25, 0.3) is 0 Å². The molecule has 2 unspecified atom stereocenters. The van der Waals surface area contributed by atoms with Crippen molar-refractivity contribution in [2.45, 2.75) is 219 Å². The fourth-order valence-electron chi connectivity index (χ4n) is 5.89. The van der Waals surface area contributed by atoms with Crippen molar-refractivity contribution in [2.75, 3.05) is 6.61 Å². The molecule has 0 saturated heterocycles. The van der Waals surface area contributed by atoms with Gasteiger partial charge < -0.3 is 15.5 Å². The Morgan fingerprint density at radius 2 is 0.909 bits per heavy atom. The van der Waals surface area contributed by atoms with E-state index in [1.54, 1.807) is 6.08 Å². The van der Waals surface area contributed by atoms with E-state index in [4.69, 9.17) is 0 Å². The van der Waals surface area contributed by atoms with Gasteiger partial charge in [0, 0.05) is 6.42 Å². The van der Waals surface area contributed by atoms with Gasteiger partial charge in [-0.2, -0.15) is 0 Å². The van der Waals surface area contributed by atoms with E-state index in [1.165, 1.54) is 148 Å². The molecule has 0 aliphatic heterocycles. The lowest BCUT2D eigenvalue weighted by molar-refractivity contribution is -0.123. The van der Waals surface area contributed by atoms with Crippen LogP contribution in [-0.2, 0) is 4.79 Å². The minimum absolute atomic E-state index is 0.0758. The summed E-state index contributed by atoms with van der Waals surface area (Å²) >= 11 is 0. The van der Waals surface area contributed by atoms with Gasteiger partial charge in [-0.15, -0.1) is 0 Å². The summed E-state index contributed by atoms with van der Waals surface area (Å²) in [5.41, 5.74) is 0. The molecule has 4 heteroatoms. The summed E-state index contributed by atoms with van der Waals surface area (Å²) in [6.45, 7) is 4.24. The van der Waals surface area contributed by atoms with Crippen molar-refractivity contribution in [3.8, 4) is 0 Å². The van der Waals surface area contributed by atoms with Crippen LogP contribution in [0.5, 0.6) is 0 Å². The van der Waals surface area contributed by atoms with Crippen molar-refractivity contribution in [1.82, 2.24) is 5.32 Å². The molecule has 0 saturated carbocycles. The van der Waals surface area contributed by atoms with Crippen LogP contribution in [0.25, 0.3) is 0 Å². The molecule has 4 nitrogen and oxygen atoms in total. The summed E-state index contributed by atoms with van der Waals surface area (Å²) in [6.07, 6.45) is 45.7. The van der Waals surface area contributed by atoms with E-state index in [1.807, 2.05) is 6.08 Å². The average Bonchev–Trinajstić information content (AvgIpc) is 3.03. The second-order valence-corrected chi connectivity index (χ2v) is 13.3. The Bertz CT molecular complexity index is 632. The van der Waals surface area contributed by atoms with Gasteiger partial charge in [0.2, 0.25) is 5.91 Å². The molecule has 0 bridgehead atoms. The molecule has 44 heavy (non-hydrogen) atoms. The van der Waals surface area contributed by atoms with Gasteiger partial charge in [0.15, 0.2) is 0 Å². The standard InChI is InChI=1S/C40H77NO3/c1-3-5-7-9-11-13-15-16-17-18-19-20-21-22-23-24-25-26-27-29-31-33-35-39(43)38(37-42)41-40(44)36-34-32-30-28-14-12-10-8-6-4-2/h8,10,33,35,38-39,42-43H,3-7,9,11-32,34,36-37H2,1-2H3,(H,41,44)/b10-8-,35-33+. The topological polar surface area (TPSA) is 69.6 Å². The number of unbranched alkanes of at least 4 members (excludes halogenated alkanes) is 26. The van der Waals surface area contributed by atoms with Crippen molar-refractivity contribution >= 4 is 5.91 Å². The maximum Gasteiger partial charge on any atom is 0.220 e. The summed E-state index contributed by atoms with van der Waals surface area (Å²) < 4.78 is 0. The predicted molar refractivity (Wildman–Crippen MR) is 193 cm³/mol.